The average Bonchev–Trinajstić information content (AvgIpc) is 2.83. The van der Waals surface area contributed by atoms with Crippen LogP contribution >= 0.6 is 11.3 Å². The Bertz CT molecular complexity index is 980. The van der Waals surface area contributed by atoms with Crippen molar-refractivity contribution < 1.29 is 19.4 Å². The highest BCUT2D eigenvalue weighted by atomic mass is 32.1. The fourth-order valence-corrected chi connectivity index (χ4v) is 4.90. The monoisotopic (exact) mass is 391 g/mol. The van der Waals surface area contributed by atoms with Crippen LogP contribution in [-0.2, 0) is 22.5 Å². The number of morpholine rings is 1. The molecule has 9 heteroatoms. The minimum Gasteiger partial charge on any atom is -0.479 e. The van der Waals surface area contributed by atoms with Gasteiger partial charge in [0, 0.05) is 19.5 Å². The number of hydrogen-bond donors (Lipinski definition) is 1. The third kappa shape index (κ3) is 3.14. The van der Waals surface area contributed by atoms with Crippen LogP contribution in [0.1, 0.15) is 40.3 Å². The molecule has 2 aliphatic rings. The first-order valence-corrected chi connectivity index (χ1v) is 9.95. The van der Waals surface area contributed by atoms with Gasteiger partial charge in [-0.2, -0.15) is 0 Å². The van der Waals surface area contributed by atoms with Crippen LogP contribution in [0, 0.1) is 6.92 Å². The number of amides is 1. The molecule has 0 saturated carbocycles. The van der Waals surface area contributed by atoms with Crippen molar-refractivity contribution in [3.63, 3.8) is 0 Å². The van der Waals surface area contributed by atoms with Gasteiger partial charge >= 0.3 is 5.97 Å². The van der Waals surface area contributed by atoms with Crippen LogP contribution < -0.4 is 5.56 Å². The molecule has 1 saturated heterocycles. The van der Waals surface area contributed by atoms with Crippen molar-refractivity contribution in [2.24, 2.45) is 0 Å². The number of nitrogens with zero attached hydrogens (tertiary/aromatic N) is 3. The highest BCUT2D eigenvalue weighted by Crippen LogP contribution is 2.30. The molecular formula is C18H21N3O5S. The number of hydrogen-bond acceptors (Lipinski definition) is 6. The molecule has 1 fully saturated rings. The molecule has 4 heterocycles. The summed E-state index contributed by atoms with van der Waals surface area (Å²) in [5.41, 5.74) is 0.561. The van der Waals surface area contributed by atoms with Crippen LogP contribution in [0.15, 0.2) is 4.79 Å². The molecule has 0 spiro atoms. The molecule has 8 nitrogen and oxygen atoms in total. The number of aromatic nitrogens is 2. The number of aliphatic carboxylic acids is 1. The number of ether oxygens (including phenoxy) is 1. The van der Waals surface area contributed by atoms with Crippen LogP contribution in [0.25, 0.3) is 10.2 Å². The standard InChI is InChI=1S/C18H21N3O5S/c1-10-13-15(19-12-5-3-2-4-6-21(12)16(13)22)27-14(10)17(23)20-7-8-26-11(9-20)18(24)25/h11H,2-9H2,1H3,(H,24,25). The quantitative estimate of drug-likeness (QED) is 0.831. The Hall–Kier alpha value is -2.26. The van der Waals surface area contributed by atoms with E-state index in [2.05, 4.69) is 4.98 Å². The van der Waals surface area contributed by atoms with E-state index in [0.29, 0.717) is 33.7 Å². The van der Waals surface area contributed by atoms with Gasteiger partial charge < -0.3 is 14.7 Å². The molecule has 144 valence electrons. The van der Waals surface area contributed by atoms with Crippen molar-refractivity contribution in [2.45, 2.75) is 45.3 Å². The number of carboxylic acid groups (broad SMARTS) is 1. The highest BCUT2D eigenvalue weighted by molar-refractivity contribution is 7.20. The lowest BCUT2D eigenvalue weighted by Gasteiger charge is -2.30. The predicted octanol–water partition coefficient (Wildman–Crippen LogP) is 1.42. The molecular weight excluding hydrogens is 370 g/mol. The van der Waals surface area contributed by atoms with Crippen molar-refractivity contribution in [3.05, 3.63) is 26.6 Å². The van der Waals surface area contributed by atoms with Crippen molar-refractivity contribution in [1.29, 1.82) is 0 Å². The molecule has 1 unspecified atom stereocenters. The Balaban J connectivity index is 1.73. The molecule has 0 radical (unpaired) electrons. The van der Waals surface area contributed by atoms with Crippen molar-refractivity contribution in [3.8, 4) is 0 Å². The van der Waals surface area contributed by atoms with Crippen LogP contribution in [0.3, 0.4) is 0 Å². The Morgan fingerprint density at radius 1 is 1.26 bits per heavy atom. The number of rotatable bonds is 2. The zero-order valence-corrected chi connectivity index (χ0v) is 15.9. The summed E-state index contributed by atoms with van der Waals surface area (Å²) in [7, 11) is 0. The smallest absolute Gasteiger partial charge is 0.334 e. The van der Waals surface area contributed by atoms with E-state index in [0.717, 1.165) is 31.5 Å². The number of thiophene rings is 1. The van der Waals surface area contributed by atoms with Gasteiger partial charge in [0.25, 0.3) is 11.5 Å². The van der Waals surface area contributed by atoms with E-state index in [1.54, 1.807) is 11.5 Å². The third-order valence-corrected chi connectivity index (χ3v) is 6.41. The molecule has 0 bridgehead atoms. The SMILES string of the molecule is Cc1c(C(=O)N2CCOC(C(=O)O)C2)sc2nc3n(c(=O)c12)CCCCC3. The lowest BCUT2D eigenvalue weighted by Crippen LogP contribution is -2.48. The molecule has 2 aromatic heterocycles. The molecule has 4 rings (SSSR count). The summed E-state index contributed by atoms with van der Waals surface area (Å²) in [6.07, 6.45) is 2.81. The number of carbonyl (C=O) groups excluding carboxylic acids is 1. The van der Waals surface area contributed by atoms with Crippen LogP contribution in [0.4, 0.5) is 0 Å². The minimum atomic E-state index is -1.08. The zero-order valence-electron chi connectivity index (χ0n) is 15.1. The summed E-state index contributed by atoms with van der Waals surface area (Å²) < 4.78 is 6.94. The van der Waals surface area contributed by atoms with Crippen LogP contribution in [0.5, 0.6) is 0 Å². The molecule has 2 aromatic rings. The number of carboxylic acids is 1. The van der Waals surface area contributed by atoms with E-state index in [-0.39, 0.29) is 24.6 Å². The second-order valence-electron chi connectivity index (χ2n) is 6.98. The summed E-state index contributed by atoms with van der Waals surface area (Å²) in [4.78, 5) is 44.4. The Morgan fingerprint density at radius 3 is 2.85 bits per heavy atom. The minimum absolute atomic E-state index is 0.00472. The van der Waals surface area contributed by atoms with Gasteiger partial charge in [0.1, 0.15) is 10.7 Å². The molecule has 1 N–H and O–H groups in total. The van der Waals surface area contributed by atoms with E-state index in [1.165, 1.54) is 16.2 Å². The van der Waals surface area contributed by atoms with E-state index >= 15 is 0 Å². The summed E-state index contributed by atoms with van der Waals surface area (Å²) >= 11 is 1.23. The second kappa shape index (κ2) is 7.05. The van der Waals surface area contributed by atoms with Gasteiger partial charge in [0.15, 0.2) is 6.10 Å². The third-order valence-electron chi connectivity index (χ3n) is 5.23. The van der Waals surface area contributed by atoms with E-state index in [1.807, 2.05) is 0 Å². The van der Waals surface area contributed by atoms with Crippen LogP contribution in [-0.4, -0.2) is 57.2 Å². The first kappa shape index (κ1) is 18.1. The topological polar surface area (TPSA) is 102 Å². The van der Waals surface area contributed by atoms with Crippen molar-refractivity contribution >= 4 is 33.4 Å². The summed E-state index contributed by atoms with van der Waals surface area (Å²) in [5, 5.41) is 9.65. The van der Waals surface area contributed by atoms with Gasteiger partial charge in [-0.05, 0) is 25.3 Å². The van der Waals surface area contributed by atoms with Gasteiger partial charge in [0.05, 0.1) is 23.4 Å². The van der Waals surface area contributed by atoms with E-state index in [9.17, 15) is 14.4 Å². The van der Waals surface area contributed by atoms with E-state index < -0.39 is 12.1 Å². The predicted molar refractivity (Wildman–Crippen MR) is 99.5 cm³/mol. The Kier molecular flexibility index (Phi) is 4.73. The summed E-state index contributed by atoms with van der Waals surface area (Å²) in [6, 6.07) is 0. The number of fused-ring (bicyclic) bond motifs is 2. The van der Waals surface area contributed by atoms with Crippen LogP contribution in [0.2, 0.25) is 0 Å². The largest absolute Gasteiger partial charge is 0.479 e. The fourth-order valence-electron chi connectivity index (χ4n) is 3.74. The molecule has 2 aliphatic heterocycles. The first-order chi connectivity index (χ1) is 13.0. The number of aryl methyl sites for hydroxylation is 2. The zero-order chi connectivity index (χ0) is 19.1. The normalized spacial score (nSPS) is 20.3. The number of carbonyl (C=O) groups is 2. The molecule has 1 atom stereocenters. The maximum absolute atomic E-state index is 13.0. The summed E-state index contributed by atoms with van der Waals surface area (Å²) in [6.45, 7) is 2.96. The Labute approximate surface area is 159 Å². The van der Waals surface area contributed by atoms with Gasteiger partial charge in [0.2, 0.25) is 0 Å². The van der Waals surface area contributed by atoms with Crippen molar-refractivity contribution in [1.82, 2.24) is 14.5 Å². The van der Waals surface area contributed by atoms with Gasteiger partial charge in [-0.15, -0.1) is 11.3 Å². The fraction of sp³-hybridized carbons (Fsp3) is 0.556. The van der Waals surface area contributed by atoms with Gasteiger partial charge in [-0.1, -0.05) is 6.42 Å². The molecule has 0 aliphatic carbocycles. The lowest BCUT2D eigenvalue weighted by atomic mass is 10.1. The second-order valence-corrected chi connectivity index (χ2v) is 7.98. The Morgan fingerprint density at radius 2 is 2.07 bits per heavy atom. The average molecular weight is 391 g/mol. The molecule has 0 aromatic carbocycles. The highest BCUT2D eigenvalue weighted by Gasteiger charge is 2.32. The molecule has 1 amide bonds. The maximum atomic E-state index is 13.0. The van der Waals surface area contributed by atoms with E-state index in [4.69, 9.17) is 9.84 Å². The lowest BCUT2D eigenvalue weighted by molar-refractivity contribution is -0.154. The molecule has 27 heavy (non-hydrogen) atoms. The van der Waals surface area contributed by atoms with Gasteiger partial charge in [-0.25, -0.2) is 9.78 Å². The van der Waals surface area contributed by atoms with Crippen molar-refractivity contribution in [2.75, 3.05) is 19.7 Å². The van der Waals surface area contributed by atoms with Gasteiger partial charge in [-0.3, -0.25) is 14.2 Å². The summed E-state index contributed by atoms with van der Waals surface area (Å²) in [5.74, 6) is -0.545. The maximum Gasteiger partial charge on any atom is 0.334 e. The first-order valence-electron chi connectivity index (χ1n) is 9.14.